The van der Waals surface area contributed by atoms with Gasteiger partial charge in [0.05, 0.1) is 22.9 Å². The Hall–Kier alpha value is -0.810. The summed E-state index contributed by atoms with van der Waals surface area (Å²) in [5, 5.41) is 3.90. The van der Waals surface area contributed by atoms with E-state index in [1.54, 1.807) is 18.2 Å². The third kappa shape index (κ3) is 5.62. The van der Waals surface area contributed by atoms with Crippen molar-refractivity contribution >= 4 is 34.8 Å². The standard InChI is InChI=1S/C18H26Cl2N2O2/c1-12(2)11-24-15-6-8-22(9-7-15)13(3)18(23)21-17-10-14(19)4-5-16(17)20/h4-5,10,12-13,15H,6-9,11H2,1-3H3,(H,21,23). The first-order chi connectivity index (χ1) is 11.4. The summed E-state index contributed by atoms with van der Waals surface area (Å²) in [7, 11) is 0. The number of benzene rings is 1. The van der Waals surface area contributed by atoms with Crippen molar-refractivity contribution < 1.29 is 9.53 Å². The average Bonchev–Trinajstić information content (AvgIpc) is 2.56. The highest BCUT2D eigenvalue weighted by molar-refractivity contribution is 6.35. The fourth-order valence-electron chi connectivity index (χ4n) is 2.75. The summed E-state index contributed by atoms with van der Waals surface area (Å²) in [6, 6.07) is 4.83. The molecule has 0 bridgehead atoms. The molecule has 6 heteroatoms. The Balaban J connectivity index is 1.85. The minimum absolute atomic E-state index is 0.0688. The number of anilines is 1. The van der Waals surface area contributed by atoms with Crippen molar-refractivity contribution in [2.24, 2.45) is 5.92 Å². The maximum absolute atomic E-state index is 12.5. The van der Waals surface area contributed by atoms with Gasteiger partial charge in [-0.05, 0) is 43.9 Å². The summed E-state index contributed by atoms with van der Waals surface area (Å²) in [5.41, 5.74) is 0.552. The highest BCUT2D eigenvalue weighted by Gasteiger charge is 2.27. The van der Waals surface area contributed by atoms with Crippen LogP contribution in [0.1, 0.15) is 33.6 Å². The molecule has 1 fully saturated rings. The lowest BCUT2D eigenvalue weighted by Crippen LogP contribution is -2.47. The molecular formula is C18H26Cl2N2O2. The predicted octanol–water partition coefficient (Wildman–Crippen LogP) is 4.46. The number of rotatable bonds is 6. The fraction of sp³-hybridized carbons (Fsp3) is 0.611. The molecule has 1 unspecified atom stereocenters. The van der Waals surface area contributed by atoms with Gasteiger partial charge in [0.2, 0.25) is 5.91 Å². The van der Waals surface area contributed by atoms with Crippen LogP contribution in [-0.2, 0) is 9.53 Å². The normalized spacial score (nSPS) is 17.9. The molecule has 0 aliphatic carbocycles. The van der Waals surface area contributed by atoms with Gasteiger partial charge in [-0.15, -0.1) is 0 Å². The molecule has 0 radical (unpaired) electrons. The van der Waals surface area contributed by atoms with Crippen LogP contribution in [-0.4, -0.2) is 42.6 Å². The second kappa shape index (κ2) is 9.04. The van der Waals surface area contributed by atoms with Crippen molar-refractivity contribution in [3.05, 3.63) is 28.2 Å². The molecule has 1 aromatic carbocycles. The summed E-state index contributed by atoms with van der Waals surface area (Å²) in [6.45, 7) is 8.75. The van der Waals surface area contributed by atoms with Crippen LogP contribution in [0.3, 0.4) is 0 Å². The van der Waals surface area contributed by atoms with E-state index in [0.717, 1.165) is 32.5 Å². The van der Waals surface area contributed by atoms with E-state index in [2.05, 4.69) is 24.1 Å². The van der Waals surface area contributed by atoms with Gasteiger partial charge in [0.15, 0.2) is 0 Å². The lowest BCUT2D eigenvalue weighted by atomic mass is 10.1. The maximum atomic E-state index is 12.5. The van der Waals surface area contributed by atoms with Crippen molar-refractivity contribution in [1.82, 2.24) is 4.90 Å². The molecule has 1 N–H and O–H groups in total. The van der Waals surface area contributed by atoms with E-state index in [9.17, 15) is 4.79 Å². The first-order valence-electron chi connectivity index (χ1n) is 8.48. The molecule has 2 rings (SSSR count). The van der Waals surface area contributed by atoms with Crippen molar-refractivity contribution in [3.63, 3.8) is 0 Å². The monoisotopic (exact) mass is 372 g/mol. The summed E-state index contributed by atoms with van der Waals surface area (Å²) in [5.74, 6) is 0.482. The number of hydrogen-bond donors (Lipinski definition) is 1. The number of nitrogens with one attached hydrogen (secondary N) is 1. The molecule has 1 atom stereocenters. The quantitative estimate of drug-likeness (QED) is 0.801. The minimum Gasteiger partial charge on any atom is -0.378 e. The molecule has 0 saturated carbocycles. The van der Waals surface area contributed by atoms with Crippen LogP contribution in [0.4, 0.5) is 5.69 Å². The summed E-state index contributed by atoms with van der Waals surface area (Å²) >= 11 is 12.1. The number of amides is 1. The Bertz CT molecular complexity index is 558. The van der Waals surface area contributed by atoms with Gasteiger partial charge in [-0.25, -0.2) is 0 Å². The zero-order valence-corrected chi connectivity index (χ0v) is 16.0. The number of nitrogens with zero attached hydrogens (tertiary/aromatic N) is 1. The smallest absolute Gasteiger partial charge is 0.241 e. The second-order valence-corrected chi connectivity index (χ2v) is 7.60. The molecule has 24 heavy (non-hydrogen) atoms. The Kier molecular flexibility index (Phi) is 7.35. The fourth-order valence-corrected chi connectivity index (χ4v) is 3.09. The molecule has 1 amide bonds. The molecule has 1 heterocycles. The number of halogens is 2. The van der Waals surface area contributed by atoms with E-state index in [4.69, 9.17) is 27.9 Å². The topological polar surface area (TPSA) is 41.6 Å². The highest BCUT2D eigenvalue weighted by Crippen LogP contribution is 2.26. The lowest BCUT2D eigenvalue weighted by Gasteiger charge is -2.35. The predicted molar refractivity (Wildman–Crippen MR) is 99.9 cm³/mol. The van der Waals surface area contributed by atoms with Crippen molar-refractivity contribution in [2.75, 3.05) is 25.0 Å². The van der Waals surface area contributed by atoms with Crippen molar-refractivity contribution in [3.8, 4) is 0 Å². The summed E-state index contributed by atoms with van der Waals surface area (Å²) < 4.78 is 5.90. The SMILES string of the molecule is CC(C)COC1CCN(C(C)C(=O)Nc2cc(Cl)ccc2Cl)CC1. The van der Waals surface area contributed by atoms with Gasteiger partial charge >= 0.3 is 0 Å². The van der Waals surface area contributed by atoms with Crippen LogP contribution in [0.25, 0.3) is 0 Å². The Labute approximate surface area is 154 Å². The molecular weight excluding hydrogens is 347 g/mol. The average molecular weight is 373 g/mol. The molecule has 1 aromatic rings. The van der Waals surface area contributed by atoms with Gasteiger partial charge in [-0.1, -0.05) is 37.0 Å². The Morgan fingerprint density at radius 2 is 1.96 bits per heavy atom. The van der Waals surface area contributed by atoms with E-state index < -0.39 is 0 Å². The van der Waals surface area contributed by atoms with Crippen LogP contribution in [0.2, 0.25) is 10.0 Å². The molecule has 1 aliphatic heterocycles. The highest BCUT2D eigenvalue weighted by atomic mass is 35.5. The molecule has 134 valence electrons. The third-order valence-corrected chi connectivity index (χ3v) is 4.82. The molecule has 0 spiro atoms. The number of carbonyl (C=O) groups excluding carboxylic acids is 1. The van der Waals surface area contributed by atoms with Crippen molar-refractivity contribution in [1.29, 1.82) is 0 Å². The summed E-state index contributed by atoms with van der Waals surface area (Å²) in [4.78, 5) is 14.7. The summed E-state index contributed by atoms with van der Waals surface area (Å²) in [6.07, 6.45) is 2.23. The van der Waals surface area contributed by atoms with E-state index in [1.165, 1.54) is 0 Å². The van der Waals surface area contributed by atoms with E-state index >= 15 is 0 Å². The Morgan fingerprint density at radius 3 is 2.58 bits per heavy atom. The van der Waals surface area contributed by atoms with E-state index in [1.807, 2.05) is 6.92 Å². The van der Waals surface area contributed by atoms with Crippen LogP contribution >= 0.6 is 23.2 Å². The molecule has 4 nitrogen and oxygen atoms in total. The minimum atomic E-state index is -0.217. The van der Waals surface area contributed by atoms with Gasteiger partial charge < -0.3 is 10.1 Å². The first kappa shape index (κ1) is 19.5. The van der Waals surface area contributed by atoms with Gasteiger partial charge in [0.25, 0.3) is 0 Å². The van der Waals surface area contributed by atoms with Crippen LogP contribution < -0.4 is 5.32 Å². The van der Waals surface area contributed by atoms with E-state index in [-0.39, 0.29) is 11.9 Å². The van der Waals surface area contributed by atoms with Crippen LogP contribution in [0, 0.1) is 5.92 Å². The number of hydrogen-bond acceptors (Lipinski definition) is 3. The van der Waals surface area contributed by atoms with Crippen LogP contribution in [0.5, 0.6) is 0 Å². The largest absolute Gasteiger partial charge is 0.378 e. The number of likely N-dealkylation sites (tertiary alicyclic amines) is 1. The zero-order chi connectivity index (χ0) is 17.7. The van der Waals surface area contributed by atoms with Gasteiger partial charge in [0.1, 0.15) is 0 Å². The number of piperidine rings is 1. The molecule has 0 aromatic heterocycles. The molecule has 1 aliphatic rings. The second-order valence-electron chi connectivity index (χ2n) is 6.75. The number of ether oxygens (including phenoxy) is 1. The Morgan fingerprint density at radius 1 is 1.29 bits per heavy atom. The molecule has 1 saturated heterocycles. The number of carbonyl (C=O) groups is 1. The third-order valence-electron chi connectivity index (χ3n) is 4.26. The zero-order valence-electron chi connectivity index (χ0n) is 14.5. The maximum Gasteiger partial charge on any atom is 0.241 e. The lowest BCUT2D eigenvalue weighted by molar-refractivity contribution is -0.122. The van der Waals surface area contributed by atoms with Crippen LogP contribution in [0.15, 0.2) is 18.2 Å². The van der Waals surface area contributed by atoms with E-state index in [0.29, 0.717) is 27.8 Å². The first-order valence-corrected chi connectivity index (χ1v) is 9.24. The van der Waals surface area contributed by atoms with Gasteiger partial charge in [0, 0.05) is 24.7 Å². The van der Waals surface area contributed by atoms with Crippen molar-refractivity contribution in [2.45, 2.75) is 45.8 Å². The van der Waals surface area contributed by atoms with Gasteiger partial charge in [-0.2, -0.15) is 0 Å². The van der Waals surface area contributed by atoms with Gasteiger partial charge in [-0.3, -0.25) is 9.69 Å².